The molecule has 4 heteroatoms. The highest BCUT2D eigenvalue weighted by atomic mass is 79.9. The van der Waals surface area contributed by atoms with Crippen LogP contribution in [0, 0.1) is 0 Å². The minimum Gasteiger partial charge on any atom is -1.00 e. The van der Waals surface area contributed by atoms with Crippen molar-refractivity contribution >= 4 is 17.6 Å². The maximum Gasteiger partial charge on any atom is 0.338 e. The molecule has 3 rings (SSSR count). The lowest BCUT2D eigenvalue weighted by Gasteiger charge is -2.36. The summed E-state index contributed by atoms with van der Waals surface area (Å²) in [7, 11) is 0. The van der Waals surface area contributed by atoms with E-state index in [1.165, 1.54) is 5.56 Å². The number of likely N-dealkylation sites (N-methyl/N-ethyl adjacent to an activating group) is 1. The van der Waals surface area contributed by atoms with Crippen molar-refractivity contribution in [2.75, 3.05) is 26.2 Å². The number of hydrogen-bond acceptors (Lipinski definition) is 2. The Morgan fingerprint density at radius 1 is 0.824 bits per heavy atom. The Labute approximate surface area is 214 Å². The summed E-state index contributed by atoms with van der Waals surface area (Å²) in [5, 5.41) is 0. The van der Waals surface area contributed by atoms with Gasteiger partial charge in [0.2, 0.25) is 0 Å². The van der Waals surface area contributed by atoms with Crippen LogP contribution in [0.25, 0.3) is 11.6 Å². The molecule has 3 aromatic carbocycles. The van der Waals surface area contributed by atoms with Crippen molar-refractivity contribution in [2.24, 2.45) is 0 Å². The van der Waals surface area contributed by atoms with Crippen molar-refractivity contribution in [1.82, 2.24) is 0 Å². The lowest BCUT2D eigenvalue weighted by molar-refractivity contribution is -0.937. The number of esters is 1. The van der Waals surface area contributed by atoms with Gasteiger partial charge in [0, 0.05) is 5.56 Å². The summed E-state index contributed by atoms with van der Waals surface area (Å²) in [4.78, 5) is 13.1. The number of nitrogens with zero attached hydrogens (tertiary/aromatic N) is 1. The van der Waals surface area contributed by atoms with Crippen molar-refractivity contribution in [1.29, 1.82) is 0 Å². The van der Waals surface area contributed by atoms with Gasteiger partial charge in [0.05, 0.1) is 18.7 Å². The molecule has 0 aromatic heterocycles. The van der Waals surface area contributed by atoms with Crippen LogP contribution in [-0.2, 0) is 16.1 Å². The van der Waals surface area contributed by atoms with Crippen molar-refractivity contribution in [2.45, 2.75) is 20.4 Å². The zero-order valence-electron chi connectivity index (χ0n) is 20.1. The summed E-state index contributed by atoms with van der Waals surface area (Å²) < 4.78 is 6.69. The predicted molar refractivity (Wildman–Crippen MR) is 137 cm³/mol. The number of hydrogen-bond donors (Lipinski definition) is 0. The second kappa shape index (κ2) is 14.3. The first-order chi connectivity index (χ1) is 16.2. The number of benzene rings is 3. The molecule has 0 N–H and O–H groups in total. The molecule has 0 aliphatic rings. The molecule has 0 atom stereocenters. The van der Waals surface area contributed by atoms with Crippen LogP contribution >= 0.6 is 0 Å². The zero-order chi connectivity index (χ0) is 23.4. The van der Waals surface area contributed by atoms with E-state index in [-0.39, 0.29) is 23.0 Å². The summed E-state index contributed by atoms with van der Waals surface area (Å²) >= 11 is 0. The second-order valence-electron chi connectivity index (χ2n) is 8.19. The number of halogens is 1. The Bertz CT molecular complexity index is 1040. The third-order valence-corrected chi connectivity index (χ3v) is 6.16. The molecule has 0 bridgehead atoms. The third kappa shape index (κ3) is 8.12. The fraction of sp³-hybridized carbons (Fsp3) is 0.233. The maximum atomic E-state index is 13.1. The highest BCUT2D eigenvalue weighted by Gasteiger charge is 2.24. The number of quaternary nitrogens is 1. The smallest absolute Gasteiger partial charge is 0.338 e. The Morgan fingerprint density at radius 3 is 1.97 bits per heavy atom. The second-order valence-corrected chi connectivity index (χ2v) is 8.19. The number of carbonyl (C=O) groups excluding carboxylic acids is 1. The molecule has 0 spiro atoms. The van der Waals surface area contributed by atoms with E-state index in [0.29, 0.717) is 12.2 Å². The van der Waals surface area contributed by atoms with Crippen LogP contribution in [0.1, 0.15) is 30.5 Å². The van der Waals surface area contributed by atoms with Crippen LogP contribution in [0.3, 0.4) is 0 Å². The molecule has 0 aliphatic carbocycles. The average Bonchev–Trinajstić information content (AvgIpc) is 2.87. The van der Waals surface area contributed by atoms with Gasteiger partial charge < -0.3 is 26.2 Å². The van der Waals surface area contributed by atoms with Crippen LogP contribution < -0.4 is 17.0 Å². The Morgan fingerprint density at radius 2 is 1.38 bits per heavy atom. The zero-order valence-corrected chi connectivity index (χ0v) is 21.7. The van der Waals surface area contributed by atoms with Gasteiger partial charge in [-0.15, -0.1) is 0 Å². The molecule has 178 valence electrons. The molecular weight excluding hydrogens is 486 g/mol. The van der Waals surface area contributed by atoms with Gasteiger partial charge in [-0.25, -0.2) is 4.79 Å². The molecule has 34 heavy (non-hydrogen) atoms. The van der Waals surface area contributed by atoms with Gasteiger partial charge in [0.1, 0.15) is 19.7 Å². The molecule has 3 aromatic rings. The summed E-state index contributed by atoms with van der Waals surface area (Å²) in [6.45, 7) is 8.51. The predicted octanol–water partition coefficient (Wildman–Crippen LogP) is 3.39. The SMILES string of the molecule is CC[N+](CC)(CCOC(=O)/C(=C/C=C/c1ccccc1)c1ccccc1)Cc1ccccc1.[Br-]. The fourth-order valence-electron chi connectivity index (χ4n) is 3.94. The Kier molecular flexibility index (Phi) is 11.5. The summed E-state index contributed by atoms with van der Waals surface area (Å²) in [5.74, 6) is -0.288. The van der Waals surface area contributed by atoms with E-state index < -0.39 is 0 Å². The summed E-state index contributed by atoms with van der Waals surface area (Å²) in [6.07, 6.45) is 5.75. The molecule has 0 radical (unpaired) electrons. The highest BCUT2D eigenvalue weighted by Crippen LogP contribution is 2.18. The molecule has 0 aliphatic heterocycles. The van der Waals surface area contributed by atoms with Gasteiger partial charge in [-0.2, -0.15) is 0 Å². The molecule has 0 unspecified atom stereocenters. The summed E-state index contributed by atoms with van der Waals surface area (Å²) in [6, 6.07) is 30.3. The van der Waals surface area contributed by atoms with Crippen LogP contribution in [0.4, 0.5) is 0 Å². The Hall–Kier alpha value is -2.95. The van der Waals surface area contributed by atoms with Crippen LogP contribution in [0.15, 0.2) is 103 Å². The number of carbonyl (C=O) groups is 1. The van der Waals surface area contributed by atoms with Crippen molar-refractivity contribution in [3.63, 3.8) is 0 Å². The minimum absolute atomic E-state index is 0. The molecule has 3 nitrogen and oxygen atoms in total. The molecule has 0 saturated heterocycles. The van der Waals surface area contributed by atoms with Gasteiger partial charge in [0.15, 0.2) is 0 Å². The third-order valence-electron chi connectivity index (χ3n) is 6.16. The van der Waals surface area contributed by atoms with Gasteiger partial charge in [-0.05, 0) is 31.1 Å². The van der Waals surface area contributed by atoms with Gasteiger partial charge >= 0.3 is 5.97 Å². The van der Waals surface area contributed by atoms with E-state index in [2.05, 4.69) is 38.1 Å². The number of ether oxygens (including phenoxy) is 1. The topological polar surface area (TPSA) is 26.3 Å². The number of allylic oxidation sites excluding steroid dienone is 2. The van der Waals surface area contributed by atoms with E-state index in [4.69, 9.17) is 4.74 Å². The summed E-state index contributed by atoms with van der Waals surface area (Å²) in [5.41, 5.74) is 3.82. The standard InChI is InChI=1S/C30H34NO2.BrH/c1-3-31(4-2,25-27-17-10-6-11-18-27)23-24-33-30(32)29(28-20-12-7-13-21-28)22-14-19-26-15-8-5-9-16-26;/h5-22H,3-4,23-25H2,1-2H3;1H/q+1;/p-1/b19-14+,29-22+;. The monoisotopic (exact) mass is 519 g/mol. The van der Waals surface area contributed by atoms with Crippen LogP contribution in [-0.4, -0.2) is 36.7 Å². The molecular formula is C30H34BrNO2. The van der Waals surface area contributed by atoms with E-state index in [0.717, 1.165) is 41.8 Å². The number of rotatable bonds is 11. The van der Waals surface area contributed by atoms with E-state index in [1.807, 2.05) is 85.0 Å². The fourth-order valence-corrected chi connectivity index (χ4v) is 3.94. The normalized spacial score (nSPS) is 11.8. The molecule has 0 heterocycles. The quantitative estimate of drug-likeness (QED) is 0.168. The molecule has 0 saturated carbocycles. The van der Waals surface area contributed by atoms with Gasteiger partial charge in [-0.1, -0.05) is 103 Å². The van der Waals surface area contributed by atoms with Crippen LogP contribution in [0.2, 0.25) is 0 Å². The Balaban J connectivity index is 0.00000408. The molecule has 0 fully saturated rings. The van der Waals surface area contributed by atoms with Crippen molar-refractivity contribution in [3.8, 4) is 0 Å². The van der Waals surface area contributed by atoms with Gasteiger partial charge in [0.25, 0.3) is 0 Å². The first-order valence-electron chi connectivity index (χ1n) is 11.7. The van der Waals surface area contributed by atoms with E-state index in [9.17, 15) is 4.79 Å². The highest BCUT2D eigenvalue weighted by molar-refractivity contribution is 6.16. The first kappa shape index (κ1) is 27.3. The average molecular weight is 521 g/mol. The van der Waals surface area contributed by atoms with E-state index >= 15 is 0 Å². The minimum atomic E-state index is -0.288. The van der Waals surface area contributed by atoms with Gasteiger partial charge in [-0.3, -0.25) is 0 Å². The lowest BCUT2D eigenvalue weighted by atomic mass is 10.1. The largest absolute Gasteiger partial charge is 1.00 e. The van der Waals surface area contributed by atoms with Crippen molar-refractivity contribution < 1.29 is 31.0 Å². The van der Waals surface area contributed by atoms with Crippen molar-refractivity contribution in [3.05, 3.63) is 120 Å². The maximum absolute atomic E-state index is 13.1. The first-order valence-corrected chi connectivity index (χ1v) is 11.7. The van der Waals surface area contributed by atoms with Crippen LogP contribution in [0.5, 0.6) is 0 Å². The lowest BCUT2D eigenvalue weighted by Crippen LogP contribution is -3.00. The van der Waals surface area contributed by atoms with E-state index in [1.54, 1.807) is 0 Å². The molecule has 0 amide bonds.